The van der Waals surface area contributed by atoms with E-state index in [-0.39, 0.29) is 5.91 Å². The first-order valence-corrected chi connectivity index (χ1v) is 13.7. The van der Waals surface area contributed by atoms with Gasteiger partial charge in [0.25, 0.3) is 0 Å². The molecule has 7 heteroatoms. The largest absolute Gasteiger partial charge is 0.342 e. The Morgan fingerprint density at radius 1 is 0.784 bits per heavy atom. The molecule has 0 saturated carbocycles. The van der Waals surface area contributed by atoms with Gasteiger partial charge >= 0.3 is 0 Å². The lowest BCUT2D eigenvalue weighted by Gasteiger charge is -2.35. The average Bonchev–Trinajstić information content (AvgIpc) is 3.41. The lowest BCUT2D eigenvalue weighted by molar-refractivity contribution is -0.132. The molecule has 0 atom stereocenters. The molecule has 4 aromatic rings. The molecule has 1 amide bonds. The summed E-state index contributed by atoms with van der Waals surface area (Å²) >= 11 is 1.42. The fraction of sp³-hybridized carbons (Fsp3) is 0.300. The quantitative estimate of drug-likeness (QED) is 0.304. The van der Waals surface area contributed by atoms with E-state index in [0.717, 1.165) is 43.7 Å². The van der Waals surface area contributed by atoms with E-state index in [1.807, 2.05) is 35.2 Å². The molecule has 1 fully saturated rings. The van der Waals surface area contributed by atoms with E-state index in [1.165, 1.54) is 28.2 Å². The predicted molar refractivity (Wildman–Crippen MR) is 150 cm³/mol. The summed E-state index contributed by atoms with van der Waals surface area (Å²) in [6, 6.07) is 31.2. The van der Waals surface area contributed by atoms with Gasteiger partial charge in [-0.1, -0.05) is 91.0 Å². The third kappa shape index (κ3) is 7.24. The molecule has 5 rings (SSSR count). The maximum absolute atomic E-state index is 13.1. The zero-order valence-electron chi connectivity index (χ0n) is 21.1. The van der Waals surface area contributed by atoms with Gasteiger partial charge in [-0.15, -0.1) is 0 Å². The highest BCUT2D eigenvalue weighted by molar-refractivity contribution is 7.09. The molecule has 1 saturated heterocycles. The van der Waals surface area contributed by atoms with Crippen molar-refractivity contribution in [1.82, 2.24) is 19.2 Å². The highest BCUT2D eigenvalue weighted by Gasteiger charge is 2.22. The maximum atomic E-state index is 13.1. The van der Waals surface area contributed by atoms with Crippen LogP contribution in [-0.2, 0) is 24.3 Å². The Morgan fingerprint density at radius 2 is 1.38 bits per heavy atom. The Bertz CT molecular complexity index is 1240. The molecule has 0 N–H and O–H groups in total. The number of benzene rings is 3. The first kappa shape index (κ1) is 25.1. The molecule has 3 aromatic carbocycles. The molecule has 0 unspecified atom stereocenters. The zero-order chi connectivity index (χ0) is 25.3. The Morgan fingerprint density at radius 3 is 2.03 bits per heavy atom. The minimum atomic E-state index is 0.214. The van der Waals surface area contributed by atoms with Gasteiger partial charge in [-0.25, -0.2) is 4.98 Å². The van der Waals surface area contributed by atoms with Gasteiger partial charge in [0, 0.05) is 70.2 Å². The number of anilines is 1. The van der Waals surface area contributed by atoms with Crippen LogP contribution in [0.4, 0.5) is 5.13 Å². The van der Waals surface area contributed by atoms with Crippen LogP contribution in [0, 0.1) is 0 Å². The van der Waals surface area contributed by atoms with Gasteiger partial charge in [-0.2, -0.15) is 4.37 Å². The van der Waals surface area contributed by atoms with Crippen molar-refractivity contribution in [1.29, 1.82) is 0 Å². The molecule has 2 heterocycles. The number of nitrogens with zero attached hydrogens (tertiary/aromatic N) is 5. The predicted octanol–water partition coefficient (Wildman–Crippen LogP) is 4.87. The summed E-state index contributed by atoms with van der Waals surface area (Å²) in [7, 11) is 0. The standard InChI is InChI=1S/C30H33N5OS/c36-29(34-20-18-33(19-21-34)23-26-12-6-2-7-13-26)16-17-35(24-27-14-8-3-9-15-27)30-31-28(32-37-30)22-25-10-4-1-5-11-25/h1-15H,16-24H2. The summed E-state index contributed by atoms with van der Waals surface area (Å²) in [5, 5.41) is 0.871. The molecule has 37 heavy (non-hydrogen) atoms. The summed E-state index contributed by atoms with van der Waals surface area (Å²) in [6.45, 7) is 5.66. The monoisotopic (exact) mass is 511 g/mol. The van der Waals surface area contributed by atoms with Crippen LogP contribution in [0.2, 0.25) is 0 Å². The number of carbonyl (C=O) groups excluding carboxylic acids is 1. The smallest absolute Gasteiger partial charge is 0.224 e. The van der Waals surface area contributed by atoms with Crippen LogP contribution >= 0.6 is 11.5 Å². The molecule has 1 aliphatic heterocycles. The van der Waals surface area contributed by atoms with Gasteiger partial charge in [-0.05, 0) is 16.7 Å². The van der Waals surface area contributed by atoms with Gasteiger partial charge in [0.15, 0.2) is 0 Å². The van der Waals surface area contributed by atoms with Crippen LogP contribution in [0.15, 0.2) is 91.0 Å². The lowest BCUT2D eigenvalue weighted by Crippen LogP contribution is -2.48. The molecule has 0 spiro atoms. The van der Waals surface area contributed by atoms with Crippen molar-refractivity contribution in [3.63, 3.8) is 0 Å². The minimum absolute atomic E-state index is 0.214. The van der Waals surface area contributed by atoms with Crippen molar-refractivity contribution in [2.45, 2.75) is 25.9 Å². The second-order valence-corrected chi connectivity index (χ2v) is 10.2. The topological polar surface area (TPSA) is 52.6 Å². The van der Waals surface area contributed by atoms with Crippen molar-refractivity contribution in [3.05, 3.63) is 114 Å². The Labute approximate surface area is 223 Å². The van der Waals surface area contributed by atoms with Gasteiger partial charge in [0.05, 0.1) is 0 Å². The highest BCUT2D eigenvalue weighted by atomic mass is 32.1. The summed E-state index contributed by atoms with van der Waals surface area (Å²) in [5.74, 6) is 1.04. The van der Waals surface area contributed by atoms with E-state index >= 15 is 0 Å². The van der Waals surface area contributed by atoms with Crippen LogP contribution < -0.4 is 4.90 Å². The number of rotatable bonds is 10. The maximum Gasteiger partial charge on any atom is 0.224 e. The Balaban J connectivity index is 1.18. The fourth-order valence-corrected chi connectivity index (χ4v) is 5.37. The molecule has 0 radical (unpaired) electrons. The summed E-state index contributed by atoms with van der Waals surface area (Å²) in [5.41, 5.74) is 3.72. The molecular weight excluding hydrogens is 478 g/mol. The number of aromatic nitrogens is 2. The summed E-state index contributed by atoms with van der Waals surface area (Å²) in [4.78, 5) is 24.6. The second kappa shape index (κ2) is 12.6. The number of carbonyl (C=O) groups is 1. The van der Waals surface area contributed by atoms with Crippen molar-refractivity contribution in [3.8, 4) is 0 Å². The Hall–Kier alpha value is -3.55. The SMILES string of the molecule is O=C(CCN(Cc1ccccc1)c1nc(Cc2ccccc2)ns1)N1CCN(Cc2ccccc2)CC1. The van der Waals surface area contributed by atoms with E-state index in [1.54, 1.807) is 0 Å². The first-order chi connectivity index (χ1) is 18.2. The highest BCUT2D eigenvalue weighted by Crippen LogP contribution is 2.22. The van der Waals surface area contributed by atoms with Crippen LogP contribution in [0.3, 0.4) is 0 Å². The summed E-state index contributed by atoms with van der Waals surface area (Å²) in [6.07, 6.45) is 1.18. The van der Waals surface area contributed by atoms with E-state index in [2.05, 4.69) is 74.8 Å². The fourth-order valence-electron chi connectivity index (χ4n) is 4.66. The molecule has 190 valence electrons. The van der Waals surface area contributed by atoms with Crippen LogP contribution in [0.25, 0.3) is 0 Å². The minimum Gasteiger partial charge on any atom is -0.342 e. The molecule has 0 aliphatic carbocycles. The van der Waals surface area contributed by atoms with Gasteiger partial charge in [0.1, 0.15) is 5.82 Å². The normalized spacial score (nSPS) is 14.0. The number of hydrogen-bond acceptors (Lipinski definition) is 6. The van der Waals surface area contributed by atoms with Crippen molar-refractivity contribution < 1.29 is 4.79 Å². The van der Waals surface area contributed by atoms with E-state index in [9.17, 15) is 4.79 Å². The number of piperazine rings is 1. The van der Waals surface area contributed by atoms with E-state index < -0.39 is 0 Å². The molecule has 6 nitrogen and oxygen atoms in total. The lowest BCUT2D eigenvalue weighted by atomic mass is 10.1. The second-order valence-electron chi connectivity index (χ2n) is 9.46. The van der Waals surface area contributed by atoms with Crippen LogP contribution in [0.1, 0.15) is 28.9 Å². The summed E-state index contributed by atoms with van der Waals surface area (Å²) < 4.78 is 4.62. The van der Waals surface area contributed by atoms with Crippen LogP contribution in [0.5, 0.6) is 0 Å². The number of amides is 1. The molecule has 1 aromatic heterocycles. The Kier molecular flexibility index (Phi) is 8.56. The first-order valence-electron chi connectivity index (χ1n) is 12.9. The average molecular weight is 512 g/mol. The van der Waals surface area contributed by atoms with E-state index in [4.69, 9.17) is 4.98 Å². The van der Waals surface area contributed by atoms with Gasteiger partial charge in [0.2, 0.25) is 11.0 Å². The third-order valence-electron chi connectivity index (χ3n) is 6.72. The molecular formula is C30H33N5OS. The number of hydrogen-bond donors (Lipinski definition) is 0. The van der Waals surface area contributed by atoms with Crippen molar-refractivity contribution >= 4 is 22.6 Å². The molecule has 1 aliphatic rings. The van der Waals surface area contributed by atoms with Gasteiger partial charge in [-0.3, -0.25) is 9.69 Å². The molecule has 0 bridgehead atoms. The van der Waals surface area contributed by atoms with Crippen LogP contribution in [-0.4, -0.2) is 57.8 Å². The van der Waals surface area contributed by atoms with E-state index in [0.29, 0.717) is 25.9 Å². The zero-order valence-corrected chi connectivity index (χ0v) is 21.9. The van der Waals surface area contributed by atoms with Crippen molar-refractivity contribution in [2.75, 3.05) is 37.6 Å². The van der Waals surface area contributed by atoms with Gasteiger partial charge < -0.3 is 9.80 Å². The van der Waals surface area contributed by atoms with Crippen molar-refractivity contribution in [2.24, 2.45) is 0 Å². The third-order valence-corrected chi connectivity index (χ3v) is 7.53.